The van der Waals surface area contributed by atoms with Crippen molar-refractivity contribution >= 4 is 35.1 Å². The van der Waals surface area contributed by atoms with Gasteiger partial charge in [-0.2, -0.15) is 18.2 Å². The molecule has 3 amide bonds. The molecule has 0 saturated carbocycles. The summed E-state index contributed by atoms with van der Waals surface area (Å²) in [7, 11) is 0. The molecular weight excluding hydrogens is 452 g/mol. The minimum absolute atomic E-state index is 0.162. The minimum atomic E-state index is -4.79. The lowest BCUT2D eigenvalue weighted by atomic mass is 9.95. The number of amides is 3. The lowest BCUT2D eigenvalue weighted by Crippen LogP contribution is -2.34. The molecule has 0 fully saturated rings. The Morgan fingerprint density at radius 3 is 2.34 bits per heavy atom. The maximum atomic E-state index is 13.5. The molecule has 0 atom stereocenters. The number of amidine groups is 1. The van der Waals surface area contributed by atoms with Gasteiger partial charge in [-0.15, -0.1) is 0 Å². The highest BCUT2D eigenvalue weighted by atomic mass is 35.5. The average Bonchev–Trinajstić information content (AvgIpc) is 2.64. The third kappa shape index (κ3) is 6.94. The Hall–Kier alpha value is -3.14. The summed E-state index contributed by atoms with van der Waals surface area (Å²) >= 11 is 6.11. The van der Waals surface area contributed by atoms with Gasteiger partial charge in [0.2, 0.25) is 5.91 Å². The van der Waals surface area contributed by atoms with E-state index in [0.29, 0.717) is 23.8 Å². The van der Waals surface area contributed by atoms with Gasteiger partial charge in [0.1, 0.15) is 11.7 Å². The second kappa shape index (κ2) is 9.56. The number of urea groups is 1. The number of nitrogens with one attached hydrogen (secondary N) is 2. The van der Waals surface area contributed by atoms with Gasteiger partial charge in [-0.3, -0.25) is 4.79 Å². The zero-order valence-electron chi connectivity index (χ0n) is 17.4. The van der Waals surface area contributed by atoms with Crippen LogP contribution in [0.1, 0.15) is 37.5 Å². The summed E-state index contributed by atoms with van der Waals surface area (Å²) in [6.07, 6.45) is -4.79. The molecular formula is C21H21ClF4N4O2. The number of halogens is 5. The monoisotopic (exact) mass is 472 g/mol. The molecule has 0 heterocycles. The van der Waals surface area contributed by atoms with E-state index in [2.05, 4.69) is 10.3 Å². The van der Waals surface area contributed by atoms with Crippen molar-refractivity contribution in [3.05, 3.63) is 63.9 Å². The molecule has 4 N–H and O–H groups in total. The fourth-order valence-electron chi connectivity index (χ4n) is 2.47. The number of aliphatic imine (C=N–C) groups is 1. The van der Waals surface area contributed by atoms with Crippen LogP contribution in [0.25, 0.3) is 0 Å². The van der Waals surface area contributed by atoms with Gasteiger partial charge in [0.25, 0.3) is 0 Å². The maximum Gasteiger partial charge on any atom is 0.416 e. The molecule has 2 aromatic rings. The Bertz CT molecular complexity index is 1060. The molecule has 0 aromatic heterocycles. The van der Waals surface area contributed by atoms with E-state index in [4.69, 9.17) is 17.3 Å². The number of nitrogens with zero attached hydrogens (tertiary/aromatic N) is 1. The Kier molecular flexibility index (Phi) is 7.50. The first kappa shape index (κ1) is 25.1. The van der Waals surface area contributed by atoms with E-state index in [0.717, 1.165) is 0 Å². The van der Waals surface area contributed by atoms with Gasteiger partial charge in [0.05, 0.1) is 10.6 Å². The number of anilines is 1. The highest BCUT2D eigenvalue weighted by Crippen LogP contribution is 2.31. The molecule has 11 heteroatoms. The van der Waals surface area contributed by atoms with Crippen LogP contribution >= 0.6 is 11.6 Å². The Balaban J connectivity index is 2.19. The zero-order chi connectivity index (χ0) is 24.3. The van der Waals surface area contributed by atoms with Crippen LogP contribution in [0.15, 0.2) is 41.4 Å². The number of hydrogen-bond donors (Lipinski definition) is 3. The molecule has 0 saturated heterocycles. The number of carbonyl (C=O) groups excluding carboxylic acids is 2. The number of alkyl halides is 3. The van der Waals surface area contributed by atoms with E-state index in [1.54, 1.807) is 26.8 Å². The summed E-state index contributed by atoms with van der Waals surface area (Å²) in [6, 6.07) is 5.12. The van der Waals surface area contributed by atoms with Crippen LogP contribution in [0, 0.1) is 11.2 Å². The molecule has 0 spiro atoms. The lowest BCUT2D eigenvalue weighted by Gasteiger charge is -2.18. The molecule has 0 aliphatic rings. The normalized spacial score (nSPS) is 12.4. The summed E-state index contributed by atoms with van der Waals surface area (Å²) in [5, 5.41) is 4.95. The molecule has 32 heavy (non-hydrogen) atoms. The van der Waals surface area contributed by atoms with Crippen molar-refractivity contribution in [2.45, 2.75) is 33.5 Å². The Labute approximate surface area is 186 Å². The van der Waals surface area contributed by atoms with Crippen LogP contribution in [0.3, 0.4) is 0 Å². The standard InChI is InChI=1S/C21H21ClF4N4O2/c1-20(2,3)18(31)28-10-11-4-5-16(22)15(6-11)17(27)30-19(32)29-14-8-12(21(24,25)26)7-13(23)9-14/h4-9H,10H2,1-3H3,(H,28,31)(H3,27,29,30,32). The molecule has 2 rings (SSSR count). The lowest BCUT2D eigenvalue weighted by molar-refractivity contribution is -0.137. The second-order valence-corrected chi connectivity index (χ2v) is 8.31. The van der Waals surface area contributed by atoms with Crippen molar-refractivity contribution in [3.63, 3.8) is 0 Å². The predicted octanol–water partition coefficient (Wildman–Crippen LogP) is 5.10. The van der Waals surface area contributed by atoms with Crippen molar-refractivity contribution in [1.82, 2.24) is 5.32 Å². The van der Waals surface area contributed by atoms with Crippen molar-refractivity contribution in [2.75, 3.05) is 5.32 Å². The van der Waals surface area contributed by atoms with Gasteiger partial charge in [-0.1, -0.05) is 38.4 Å². The zero-order valence-corrected chi connectivity index (χ0v) is 18.2. The Morgan fingerprint density at radius 2 is 1.75 bits per heavy atom. The first-order valence-electron chi connectivity index (χ1n) is 9.27. The number of nitrogens with two attached hydrogens (primary N) is 1. The van der Waals surface area contributed by atoms with Crippen LogP contribution in [-0.2, 0) is 17.5 Å². The summed E-state index contributed by atoms with van der Waals surface area (Å²) in [5.41, 5.74) is 4.35. The van der Waals surface area contributed by atoms with Gasteiger partial charge in [0.15, 0.2) is 0 Å². The van der Waals surface area contributed by atoms with E-state index >= 15 is 0 Å². The topological polar surface area (TPSA) is 96.6 Å². The summed E-state index contributed by atoms with van der Waals surface area (Å²) in [4.78, 5) is 27.7. The maximum absolute atomic E-state index is 13.5. The van der Waals surface area contributed by atoms with Crippen molar-refractivity contribution in [3.8, 4) is 0 Å². The van der Waals surface area contributed by atoms with Crippen molar-refractivity contribution in [1.29, 1.82) is 0 Å². The summed E-state index contributed by atoms with van der Waals surface area (Å²) < 4.78 is 51.9. The van der Waals surface area contributed by atoms with Crippen LogP contribution in [0.4, 0.5) is 28.0 Å². The molecule has 2 aromatic carbocycles. The van der Waals surface area contributed by atoms with E-state index in [1.165, 1.54) is 12.1 Å². The van der Waals surface area contributed by atoms with Gasteiger partial charge in [0, 0.05) is 23.2 Å². The SMILES string of the molecule is CC(C)(C)C(=O)NCc1ccc(Cl)c(/C(N)=N/C(=O)Nc2cc(F)cc(C(F)(F)F)c2)c1. The smallest absolute Gasteiger partial charge is 0.383 e. The van der Waals surface area contributed by atoms with Gasteiger partial charge in [-0.25, -0.2) is 9.18 Å². The largest absolute Gasteiger partial charge is 0.416 e. The fraction of sp³-hybridized carbons (Fsp3) is 0.286. The van der Waals surface area contributed by atoms with E-state index in [-0.39, 0.29) is 28.9 Å². The van der Waals surface area contributed by atoms with Crippen LogP contribution < -0.4 is 16.4 Å². The van der Waals surface area contributed by atoms with Crippen LogP contribution in [0.5, 0.6) is 0 Å². The minimum Gasteiger partial charge on any atom is -0.383 e. The first-order chi connectivity index (χ1) is 14.7. The highest BCUT2D eigenvalue weighted by molar-refractivity contribution is 6.34. The number of carbonyl (C=O) groups is 2. The van der Waals surface area contributed by atoms with Gasteiger partial charge >= 0.3 is 12.2 Å². The number of hydrogen-bond acceptors (Lipinski definition) is 2. The molecule has 0 aliphatic carbocycles. The van der Waals surface area contributed by atoms with Crippen molar-refractivity contribution < 1.29 is 27.2 Å². The quantitative estimate of drug-likeness (QED) is 0.328. The summed E-state index contributed by atoms with van der Waals surface area (Å²) in [5.74, 6) is -1.67. The fourth-order valence-corrected chi connectivity index (χ4v) is 2.69. The molecule has 0 bridgehead atoms. The van der Waals surface area contributed by atoms with Crippen LogP contribution in [0.2, 0.25) is 5.02 Å². The Morgan fingerprint density at radius 1 is 1.09 bits per heavy atom. The molecule has 172 valence electrons. The third-order valence-corrected chi connectivity index (χ3v) is 4.47. The van der Waals surface area contributed by atoms with E-state index in [1.807, 2.05) is 5.32 Å². The number of rotatable bonds is 4. The number of benzene rings is 2. The molecule has 6 nitrogen and oxygen atoms in total. The molecule has 0 aliphatic heterocycles. The van der Waals surface area contributed by atoms with E-state index < -0.39 is 34.7 Å². The molecule has 0 radical (unpaired) electrons. The van der Waals surface area contributed by atoms with Crippen molar-refractivity contribution in [2.24, 2.45) is 16.1 Å². The summed E-state index contributed by atoms with van der Waals surface area (Å²) in [6.45, 7) is 5.45. The van der Waals surface area contributed by atoms with Crippen LogP contribution in [-0.4, -0.2) is 17.8 Å². The van der Waals surface area contributed by atoms with Gasteiger partial charge < -0.3 is 16.4 Å². The van der Waals surface area contributed by atoms with E-state index in [9.17, 15) is 27.2 Å². The highest BCUT2D eigenvalue weighted by Gasteiger charge is 2.31. The average molecular weight is 473 g/mol. The third-order valence-electron chi connectivity index (χ3n) is 4.14. The second-order valence-electron chi connectivity index (χ2n) is 7.90. The first-order valence-corrected chi connectivity index (χ1v) is 9.64. The predicted molar refractivity (Wildman–Crippen MR) is 114 cm³/mol. The molecule has 0 unspecified atom stereocenters. The van der Waals surface area contributed by atoms with Gasteiger partial charge in [-0.05, 0) is 35.9 Å².